The Balaban J connectivity index is 2.15. The van der Waals surface area contributed by atoms with Gasteiger partial charge in [-0.1, -0.05) is 24.4 Å². The highest BCUT2D eigenvalue weighted by Gasteiger charge is 2.29. The molecule has 3 unspecified atom stereocenters. The molecule has 2 N–H and O–H groups in total. The molecule has 1 fully saturated rings. The van der Waals surface area contributed by atoms with Gasteiger partial charge in [-0.25, -0.2) is 0 Å². The molecule has 17 heavy (non-hydrogen) atoms. The molecule has 0 aromatic heterocycles. The maximum Gasteiger partial charge on any atom is 0.0564 e. The van der Waals surface area contributed by atoms with Gasteiger partial charge in [0.1, 0.15) is 0 Å². The molecule has 1 aromatic carbocycles. The molecule has 2 nitrogen and oxygen atoms in total. The normalized spacial score (nSPS) is 26.7. The summed E-state index contributed by atoms with van der Waals surface area (Å²) in [7, 11) is -0.947. The van der Waals surface area contributed by atoms with Gasteiger partial charge in [-0.05, 0) is 49.6 Å². The van der Waals surface area contributed by atoms with E-state index in [0.717, 1.165) is 17.7 Å². The van der Waals surface area contributed by atoms with Gasteiger partial charge in [-0.2, -0.15) is 0 Å². The van der Waals surface area contributed by atoms with Gasteiger partial charge in [-0.3, -0.25) is 4.21 Å². The fourth-order valence-electron chi connectivity index (χ4n) is 2.47. The van der Waals surface area contributed by atoms with E-state index in [1.54, 1.807) is 12.1 Å². The summed E-state index contributed by atoms with van der Waals surface area (Å²) < 4.78 is 12.5. The zero-order valence-electron chi connectivity index (χ0n) is 9.77. The van der Waals surface area contributed by atoms with Gasteiger partial charge < -0.3 is 5.73 Å². The third-order valence-electron chi connectivity index (χ3n) is 3.46. The lowest BCUT2D eigenvalue weighted by molar-refractivity contribution is 0.372. The minimum Gasteiger partial charge on any atom is -0.330 e. The molecule has 0 amide bonds. The highest BCUT2D eigenvalue weighted by molar-refractivity contribution is 7.85. The maximum atomic E-state index is 12.5. The number of hydrogen-bond acceptors (Lipinski definition) is 2. The minimum absolute atomic E-state index is 0.218. The fourth-order valence-corrected chi connectivity index (χ4v) is 4.33. The fraction of sp³-hybridized carbons (Fsp3) is 0.538. The van der Waals surface area contributed by atoms with E-state index in [4.69, 9.17) is 17.3 Å². The van der Waals surface area contributed by atoms with Gasteiger partial charge in [0.2, 0.25) is 0 Å². The molecule has 0 radical (unpaired) electrons. The monoisotopic (exact) mass is 271 g/mol. The minimum atomic E-state index is -0.947. The van der Waals surface area contributed by atoms with Gasteiger partial charge in [0.25, 0.3) is 0 Å². The molecule has 94 valence electrons. The van der Waals surface area contributed by atoms with Crippen molar-refractivity contribution < 1.29 is 4.21 Å². The molecule has 0 saturated heterocycles. The summed E-state index contributed by atoms with van der Waals surface area (Å²) in [6, 6.07) is 7.32. The second kappa shape index (κ2) is 5.98. The Morgan fingerprint density at radius 1 is 1.24 bits per heavy atom. The van der Waals surface area contributed by atoms with Crippen molar-refractivity contribution in [1.82, 2.24) is 0 Å². The first kappa shape index (κ1) is 13.1. The van der Waals surface area contributed by atoms with Crippen molar-refractivity contribution in [2.75, 3.05) is 6.54 Å². The zero-order chi connectivity index (χ0) is 12.3. The largest absolute Gasteiger partial charge is 0.330 e. The van der Waals surface area contributed by atoms with Crippen molar-refractivity contribution in [3.63, 3.8) is 0 Å². The van der Waals surface area contributed by atoms with Gasteiger partial charge in [0.05, 0.1) is 10.8 Å². The lowest BCUT2D eigenvalue weighted by atomic mass is 9.89. The molecule has 0 spiro atoms. The topological polar surface area (TPSA) is 43.1 Å². The molecule has 1 aliphatic carbocycles. The summed E-state index contributed by atoms with van der Waals surface area (Å²) in [5.74, 6) is 0.403. The van der Waals surface area contributed by atoms with Crippen LogP contribution in [0.1, 0.15) is 25.7 Å². The molecule has 3 atom stereocenters. The van der Waals surface area contributed by atoms with E-state index in [9.17, 15) is 4.21 Å². The van der Waals surface area contributed by atoms with E-state index in [0.29, 0.717) is 17.5 Å². The van der Waals surface area contributed by atoms with E-state index in [-0.39, 0.29) is 5.25 Å². The molecular formula is C13H18ClNOS. The average molecular weight is 272 g/mol. The predicted molar refractivity (Wildman–Crippen MR) is 72.7 cm³/mol. The SMILES string of the molecule is NCC1CCCCC1S(=O)c1ccc(Cl)cc1. The second-order valence-corrected chi connectivity index (χ2v) is 6.68. The van der Waals surface area contributed by atoms with Crippen LogP contribution in [0.15, 0.2) is 29.2 Å². The van der Waals surface area contributed by atoms with E-state index in [1.165, 1.54) is 12.8 Å². The first-order valence-corrected chi connectivity index (χ1v) is 7.67. The van der Waals surface area contributed by atoms with Crippen molar-refractivity contribution in [3.05, 3.63) is 29.3 Å². The molecule has 2 rings (SSSR count). The third kappa shape index (κ3) is 3.09. The second-order valence-electron chi connectivity index (χ2n) is 4.57. The lowest BCUT2D eigenvalue weighted by Crippen LogP contribution is -2.34. The quantitative estimate of drug-likeness (QED) is 0.918. The standard InChI is InChI=1S/C13H18ClNOS/c14-11-5-7-12(8-6-11)17(16)13-4-2-1-3-10(13)9-15/h5-8,10,13H,1-4,9,15H2. The molecule has 0 bridgehead atoms. The third-order valence-corrected chi connectivity index (χ3v) is 5.62. The van der Waals surface area contributed by atoms with Crippen molar-refractivity contribution in [2.45, 2.75) is 35.8 Å². The van der Waals surface area contributed by atoms with Crippen LogP contribution in [-0.4, -0.2) is 16.0 Å². The molecular weight excluding hydrogens is 254 g/mol. The average Bonchev–Trinajstić information content (AvgIpc) is 2.39. The van der Waals surface area contributed by atoms with Crippen LogP contribution in [-0.2, 0) is 10.8 Å². The van der Waals surface area contributed by atoms with E-state index in [1.807, 2.05) is 12.1 Å². The first-order chi connectivity index (χ1) is 8.22. The highest BCUT2D eigenvalue weighted by atomic mass is 35.5. The summed E-state index contributed by atoms with van der Waals surface area (Å²) in [5.41, 5.74) is 5.78. The molecule has 0 aliphatic heterocycles. The van der Waals surface area contributed by atoms with Crippen LogP contribution >= 0.6 is 11.6 Å². The molecule has 4 heteroatoms. The Hall–Kier alpha value is -0.380. The van der Waals surface area contributed by atoms with Crippen LogP contribution < -0.4 is 5.73 Å². The van der Waals surface area contributed by atoms with E-state index in [2.05, 4.69) is 0 Å². The Morgan fingerprint density at radius 2 is 1.88 bits per heavy atom. The Labute approximate surface area is 110 Å². The molecule has 1 aromatic rings. The van der Waals surface area contributed by atoms with E-state index >= 15 is 0 Å². The van der Waals surface area contributed by atoms with Crippen LogP contribution in [0.4, 0.5) is 0 Å². The van der Waals surface area contributed by atoms with Crippen molar-refractivity contribution >= 4 is 22.4 Å². The first-order valence-electron chi connectivity index (χ1n) is 6.08. The lowest BCUT2D eigenvalue weighted by Gasteiger charge is -2.29. The Bertz CT molecular complexity index is 393. The van der Waals surface area contributed by atoms with Gasteiger partial charge in [0, 0.05) is 15.2 Å². The number of halogens is 1. The highest BCUT2D eigenvalue weighted by Crippen LogP contribution is 2.30. The summed E-state index contributed by atoms with van der Waals surface area (Å²) in [4.78, 5) is 0.875. The zero-order valence-corrected chi connectivity index (χ0v) is 11.3. The predicted octanol–water partition coefficient (Wildman–Crippen LogP) is 2.97. The van der Waals surface area contributed by atoms with Gasteiger partial charge in [-0.15, -0.1) is 0 Å². The van der Waals surface area contributed by atoms with Crippen LogP contribution in [0.5, 0.6) is 0 Å². The van der Waals surface area contributed by atoms with Crippen molar-refractivity contribution in [3.8, 4) is 0 Å². The van der Waals surface area contributed by atoms with Crippen LogP contribution in [0, 0.1) is 5.92 Å². The smallest absolute Gasteiger partial charge is 0.0564 e. The van der Waals surface area contributed by atoms with Crippen molar-refractivity contribution in [1.29, 1.82) is 0 Å². The van der Waals surface area contributed by atoms with Crippen LogP contribution in [0.3, 0.4) is 0 Å². The van der Waals surface area contributed by atoms with Crippen LogP contribution in [0.25, 0.3) is 0 Å². The van der Waals surface area contributed by atoms with Gasteiger partial charge in [0.15, 0.2) is 0 Å². The molecule has 0 heterocycles. The number of rotatable bonds is 3. The number of hydrogen-bond donors (Lipinski definition) is 1. The van der Waals surface area contributed by atoms with Crippen molar-refractivity contribution in [2.24, 2.45) is 11.7 Å². The van der Waals surface area contributed by atoms with Gasteiger partial charge >= 0.3 is 0 Å². The number of benzene rings is 1. The summed E-state index contributed by atoms with van der Waals surface area (Å²) in [6.45, 7) is 0.643. The Morgan fingerprint density at radius 3 is 2.53 bits per heavy atom. The molecule has 1 aliphatic rings. The summed E-state index contributed by atoms with van der Waals surface area (Å²) >= 11 is 5.84. The summed E-state index contributed by atoms with van der Waals surface area (Å²) in [5, 5.41) is 0.902. The number of nitrogens with two attached hydrogens (primary N) is 1. The van der Waals surface area contributed by atoms with E-state index < -0.39 is 10.8 Å². The summed E-state index contributed by atoms with van der Waals surface area (Å²) in [6.07, 6.45) is 4.52. The van der Waals surface area contributed by atoms with Crippen LogP contribution in [0.2, 0.25) is 5.02 Å². The maximum absolute atomic E-state index is 12.5. The molecule has 1 saturated carbocycles. The Kier molecular flexibility index (Phi) is 4.60.